The van der Waals surface area contributed by atoms with Crippen molar-refractivity contribution in [2.45, 2.75) is 58.4 Å². The summed E-state index contributed by atoms with van der Waals surface area (Å²) in [6.07, 6.45) is 5.37. The van der Waals surface area contributed by atoms with Gasteiger partial charge in [-0.05, 0) is 25.7 Å². The van der Waals surface area contributed by atoms with Crippen LogP contribution in [0.1, 0.15) is 52.4 Å². The summed E-state index contributed by atoms with van der Waals surface area (Å²) in [4.78, 5) is 24.7. The molecule has 1 heterocycles. The van der Waals surface area contributed by atoms with E-state index in [-0.39, 0.29) is 24.4 Å². The zero-order valence-corrected chi connectivity index (χ0v) is 12.0. The van der Waals surface area contributed by atoms with Crippen molar-refractivity contribution in [3.05, 3.63) is 0 Å². The number of carboxylic acid groups (broad SMARTS) is 1. The van der Waals surface area contributed by atoms with Gasteiger partial charge in [-0.3, -0.25) is 4.79 Å². The quantitative estimate of drug-likeness (QED) is 0.806. The van der Waals surface area contributed by atoms with Gasteiger partial charge in [0.1, 0.15) is 0 Å². The van der Waals surface area contributed by atoms with E-state index in [2.05, 4.69) is 12.2 Å². The maximum absolute atomic E-state index is 12.1. The number of likely N-dealkylation sites (tertiary alicyclic amines) is 1. The van der Waals surface area contributed by atoms with Crippen LogP contribution < -0.4 is 5.32 Å². The first kappa shape index (κ1) is 15.8. The maximum atomic E-state index is 12.1. The van der Waals surface area contributed by atoms with Crippen molar-refractivity contribution in [2.75, 3.05) is 13.1 Å². The van der Waals surface area contributed by atoms with Gasteiger partial charge >= 0.3 is 12.0 Å². The highest BCUT2D eigenvalue weighted by atomic mass is 16.4. The van der Waals surface area contributed by atoms with Gasteiger partial charge in [-0.15, -0.1) is 0 Å². The van der Waals surface area contributed by atoms with Crippen molar-refractivity contribution in [3.63, 3.8) is 0 Å². The van der Waals surface area contributed by atoms with Gasteiger partial charge < -0.3 is 15.3 Å². The molecule has 0 aromatic heterocycles. The minimum Gasteiger partial charge on any atom is -0.481 e. The molecule has 0 saturated carbocycles. The lowest BCUT2D eigenvalue weighted by molar-refractivity contribution is -0.138. The molecule has 0 aromatic rings. The molecule has 0 spiro atoms. The molecule has 2 atom stereocenters. The van der Waals surface area contributed by atoms with E-state index in [1.165, 1.54) is 12.8 Å². The number of nitrogens with one attached hydrogen (secondary N) is 1. The summed E-state index contributed by atoms with van der Waals surface area (Å²) in [5, 5.41) is 11.7. The number of carboxylic acids is 1. The van der Waals surface area contributed by atoms with E-state index in [1.807, 2.05) is 11.8 Å². The van der Waals surface area contributed by atoms with Crippen molar-refractivity contribution in [3.8, 4) is 0 Å². The molecule has 0 radical (unpaired) electrons. The molecule has 110 valence electrons. The minimum absolute atomic E-state index is 0.0173. The maximum Gasteiger partial charge on any atom is 0.317 e. The topological polar surface area (TPSA) is 69.6 Å². The van der Waals surface area contributed by atoms with E-state index in [0.717, 1.165) is 25.8 Å². The molecule has 0 aliphatic carbocycles. The molecule has 0 bridgehead atoms. The average Bonchev–Trinajstić information content (AvgIpc) is 2.58. The zero-order chi connectivity index (χ0) is 14.3. The van der Waals surface area contributed by atoms with E-state index in [9.17, 15) is 9.59 Å². The second kappa shape index (κ2) is 8.02. The van der Waals surface area contributed by atoms with Crippen molar-refractivity contribution >= 4 is 12.0 Å². The summed E-state index contributed by atoms with van der Waals surface area (Å²) in [6, 6.07) is 0.236. The van der Waals surface area contributed by atoms with Crippen LogP contribution in [0.5, 0.6) is 0 Å². The summed E-state index contributed by atoms with van der Waals surface area (Å²) >= 11 is 0. The number of rotatable bonds is 5. The van der Waals surface area contributed by atoms with E-state index >= 15 is 0 Å². The third-order valence-electron chi connectivity index (χ3n) is 3.90. The molecular weight excluding hydrogens is 244 g/mol. The molecular formula is C14H26N2O3. The fourth-order valence-corrected chi connectivity index (χ4v) is 2.52. The van der Waals surface area contributed by atoms with Crippen molar-refractivity contribution in [1.82, 2.24) is 10.2 Å². The molecule has 1 fully saturated rings. The molecule has 1 aliphatic heterocycles. The van der Waals surface area contributed by atoms with Crippen LogP contribution in [0.3, 0.4) is 0 Å². The Kier molecular flexibility index (Phi) is 6.67. The highest BCUT2D eigenvalue weighted by Crippen LogP contribution is 2.16. The molecule has 5 heteroatoms. The lowest BCUT2D eigenvalue weighted by Crippen LogP contribution is -2.46. The smallest absolute Gasteiger partial charge is 0.317 e. The lowest BCUT2D eigenvalue weighted by Gasteiger charge is -2.28. The Morgan fingerprint density at radius 2 is 2.11 bits per heavy atom. The van der Waals surface area contributed by atoms with E-state index in [1.54, 1.807) is 0 Å². The van der Waals surface area contributed by atoms with Crippen LogP contribution in [0.4, 0.5) is 4.79 Å². The fourth-order valence-electron chi connectivity index (χ4n) is 2.52. The molecule has 1 rings (SSSR count). The van der Waals surface area contributed by atoms with Crippen molar-refractivity contribution in [1.29, 1.82) is 0 Å². The third-order valence-corrected chi connectivity index (χ3v) is 3.90. The monoisotopic (exact) mass is 270 g/mol. The molecule has 1 saturated heterocycles. The SMILES string of the molecule is CCC(CNC(=O)N1CCCCCC1C)CC(=O)O. The predicted molar refractivity (Wildman–Crippen MR) is 74.1 cm³/mol. The number of hydrogen-bond donors (Lipinski definition) is 2. The molecule has 0 aromatic carbocycles. The predicted octanol–water partition coefficient (Wildman–Crippen LogP) is 2.46. The van der Waals surface area contributed by atoms with Gasteiger partial charge in [0.2, 0.25) is 0 Å². The number of hydrogen-bond acceptors (Lipinski definition) is 2. The average molecular weight is 270 g/mol. The second-order valence-corrected chi connectivity index (χ2v) is 5.45. The number of carbonyl (C=O) groups is 2. The molecule has 2 unspecified atom stereocenters. The van der Waals surface area contributed by atoms with Gasteiger partial charge in [-0.2, -0.15) is 0 Å². The third kappa shape index (κ3) is 5.49. The van der Waals surface area contributed by atoms with Gasteiger partial charge in [-0.25, -0.2) is 4.79 Å². The molecule has 5 nitrogen and oxygen atoms in total. The van der Waals surface area contributed by atoms with Gasteiger partial charge in [0.15, 0.2) is 0 Å². The Morgan fingerprint density at radius 3 is 2.74 bits per heavy atom. The fraction of sp³-hybridized carbons (Fsp3) is 0.857. The van der Waals surface area contributed by atoms with Gasteiger partial charge in [0, 0.05) is 25.6 Å². The molecule has 19 heavy (non-hydrogen) atoms. The normalized spacial score (nSPS) is 21.6. The Labute approximate surface area is 115 Å². The highest BCUT2D eigenvalue weighted by molar-refractivity contribution is 5.74. The lowest BCUT2D eigenvalue weighted by atomic mass is 10.0. The zero-order valence-electron chi connectivity index (χ0n) is 12.0. The Balaban J connectivity index is 2.42. The van der Waals surface area contributed by atoms with Gasteiger partial charge in [0.25, 0.3) is 0 Å². The Hall–Kier alpha value is -1.26. The first-order chi connectivity index (χ1) is 9.04. The van der Waals surface area contributed by atoms with Gasteiger partial charge in [-0.1, -0.05) is 26.2 Å². The van der Waals surface area contributed by atoms with E-state index in [0.29, 0.717) is 6.54 Å². The Morgan fingerprint density at radius 1 is 1.37 bits per heavy atom. The Bertz CT molecular complexity index is 307. The van der Waals surface area contributed by atoms with Crippen LogP contribution >= 0.6 is 0 Å². The number of amides is 2. The van der Waals surface area contributed by atoms with Crippen LogP contribution in [0.15, 0.2) is 0 Å². The van der Waals surface area contributed by atoms with E-state index in [4.69, 9.17) is 5.11 Å². The second-order valence-electron chi connectivity index (χ2n) is 5.45. The van der Waals surface area contributed by atoms with Crippen LogP contribution in [0.25, 0.3) is 0 Å². The molecule has 1 aliphatic rings. The largest absolute Gasteiger partial charge is 0.481 e. The van der Waals surface area contributed by atoms with E-state index < -0.39 is 5.97 Å². The van der Waals surface area contributed by atoms with Crippen molar-refractivity contribution in [2.24, 2.45) is 5.92 Å². The van der Waals surface area contributed by atoms with Crippen LogP contribution in [0, 0.1) is 5.92 Å². The number of nitrogens with zero attached hydrogens (tertiary/aromatic N) is 1. The van der Waals surface area contributed by atoms with Crippen LogP contribution in [-0.4, -0.2) is 41.1 Å². The first-order valence-electron chi connectivity index (χ1n) is 7.30. The van der Waals surface area contributed by atoms with Gasteiger partial charge in [0.05, 0.1) is 0 Å². The standard InChI is InChI=1S/C14H26N2O3/c1-3-12(9-13(17)18)10-15-14(19)16-8-6-4-5-7-11(16)2/h11-12H,3-10H2,1-2H3,(H,15,19)(H,17,18). The number of aliphatic carboxylic acids is 1. The van der Waals surface area contributed by atoms with Crippen LogP contribution in [0.2, 0.25) is 0 Å². The number of urea groups is 1. The van der Waals surface area contributed by atoms with Crippen molar-refractivity contribution < 1.29 is 14.7 Å². The summed E-state index contributed by atoms with van der Waals surface area (Å²) in [6.45, 7) is 5.29. The minimum atomic E-state index is -0.802. The summed E-state index contributed by atoms with van der Waals surface area (Å²) in [5.41, 5.74) is 0. The highest BCUT2D eigenvalue weighted by Gasteiger charge is 2.22. The summed E-state index contributed by atoms with van der Waals surface area (Å²) in [5.74, 6) is -0.784. The number of carbonyl (C=O) groups excluding carboxylic acids is 1. The molecule has 2 amide bonds. The first-order valence-corrected chi connectivity index (χ1v) is 7.30. The summed E-state index contributed by atoms with van der Waals surface area (Å²) in [7, 11) is 0. The molecule has 2 N–H and O–H groups in total. The summed E-state index contributed by atoms with van der Waals surface area (Å²) < 4.78 is 0. The van der Waals surface area contributed by atoms with Crippen LogP contribution in [-0.2, 0) is 4.79 Å².